The largest absolute Gasteiger partial charge is 0.407 e. The van der Waals surface area contributed by atoms with Crippen molar-refractivity contribution in [3.63, 3.8) is 0 Å². The number of nitrogens with one attached hydrogen (secondary N) is 3. The van der Waals surface area contributed by atoms with E-state index in [4.69, 9.17) is 4.43 Å². The fourth-order valence-electron chi connectivity index (χ4n) is 8.57. The van der Waals surface area contributed by atoms with Gasteiger partial charge in [0.2, 0.25) is 23.6 Å². The van der Waals surface area contributed by atoms with Crippen molar-refractivity contribution >= 4 is 48.1 Å². The average Bonchev–Trinajstić information content (AvgIpc) is 3.74. The standard InChI is InChI=1S/C48H58N4O6Si/c1-48(2,3)59(38-24-12-6-13-25-38,39-26-14-7-15-27-39)58-32-30-37(53)23-16-17-28-40-44(54)50-41(33-35-19-8-4-9-20-35)45(55)51-42(34-36-21-10-5-11-22-36)47(57)52-31-18-29-43(52)46(56)49-40/h4-15,19-22,24-27,40-43H,16-18,23,28-34H2,1-3H3,(H,49,56)(H,50,54)(H,51,55)/t40-,41-,42-,43+/m0/s1. The van der Waals surface area contributed by atoms with E-state index in [0.29, 0.717) is 45.3 Å². The first-order valence-electron chi connectivity index (χ1n) is 21.0. The molecule has 2 heterocycles. The van der Waals surface area contributed by atoms with Gasteiger partial charge < -0.3 is 25.3 Å². The van der Waals surface area contributed by atoms with E-state index in [1.54, 1.807) is 4.90 Å². The molecule has 2 fully saturated rings. The molecular weight excluding hydrogens is 757 g/mol. The topological polar surface area (TPSA) is 134 Å². The zero-order valence-corrected chi connectivity index (χ0v) is 35.5. The normalized spacial score (nSPS) is 20.4. The van der Waals surface area contributed by atoms with Crippen molar-refractivity contribution in [3.8, 4) is 0 Å². The van der Waals surface area contributed by atoms with Crippen LogP contribution in [0, 0.1) is 0 Å². The van der Waals surface area contributed by atoms with Crippen molar-refractivity contribution in [1.29, 1.82) is 0 Å². The first-order chi connectivity index (χ1) is 28.5. The maximum Gasteiger partial charge on any atom is 0.261 e. The molecule has 2 aliphatic rings. The van der Waals surface area contributed by atoms with Gasteiger partial charge in [0.25, 0.3) is 8.32 Å². The molecule has 59 heavy (non-hydrogen) atoms. The molecular formula is C48H58N4O6Si. The predicted molar refractivity (Wildman–Crippen MR) is 232 cm³/mol. The first kappa shape index (κ1) is 43.2. The molecule has 2 aliphatic heterocycles. The molecule has 0 saturated carbocycles. The number of carbonyl (C=O) groups is 5. The Labute approximate surface area is 349 Å². The minimum atomic E-state index is -2.78. The number of rotatable bonds is 15. The van der Waals surface area contributed by atoms with Crippen LogP contribution in [0.3, 0.4) is 0 Å². The molecule has 0 radical (unpaired) electrons. The molecule has 11 heteroatoms. The monoisotopic (exact) mass is 814 g/mol. The van der Waals surface area contributed by atoms with Gasteiger partial charge in [0.1, 0.15) is 30.0 Å². The van der Waals surface area contributed by atoms with Gasteiger partial charge in [0.15, 0.2) is 0 Å². The molecule has 310 valence electrons. The highest BCUT2D eigenvalue weighted by Crippen LogP contribution is 2.37. The van der Waals surface area contributed by atoms with Gasteiger partial charge in [-0.05, 0) is 52.2 Å². The maximum absolute atomic E-state index is 14.2. The van der Waals surface area contributed by atoms with E-state index in [9.17, 15) is 24.0 Å². The lowest BCUT2D eigenvalue weighted by Crippen LogP contribution is -2.66. The lowest BCUT2D eigenvalue weighted by Gasteiger charge is -2.43. The van der Waals surface area contributed by atoms with Gasteiger partial charge in [-0.15, -0.1) is 0 Å². The van der Waals surface area contributed by atoms with Gasteiger partial charge in [0, 0.05) is 38.8 Å². The predicted octanol–water partition coefficient (Wildman–Crippen LogP) is 5.03. The smallest absolute Gasteiger partial charge is 0.261 e. The number of fused-ring (bicyclic) bond motifs is 1. The molecule has 4 aromatic carbocycles. The second-order valence-electron chi connectivity index (χ2n) is 16.8. The summed E-state index contributed by atoms with van der Waals surface area (Å²) in [7, 11) is -2.78. The molecule has 0 aliphatic carbocycles. The number of hydrogen-bond donors (Lipinski definition) is 3. The van der Waals surface area contributed by atoms with E-state index in [1.165, 1.54) is 0 Å². The Morgan fingerprint density at radius 3 is 1.69 bits per heavy atom. The summed E-state index contributed by atoms with van der Waals surface area (Å²) in [5, 5.41) is 10.9. The van der Waals surface area contributed by atoms with Crippen LogP contribution in [-0.2, 0) is 41.2 Å². The van der Waals surface area contributed by atoms with E-state index in [1.807, 2.05) is 97.1 Å². The van der Waals surface area contributed by atoms with E-state index in [-0.39, 0.29) is 42.4 Å². The maximum atomic E-state index is 14.2. The Morgan fingerprint density at radius 2 is 1.14 bits per heavy atom. The molecule has 2 saturated heterocycles. The number of ketones is 1. The number of hydrogen-bond acceptors (Lipinski definition) is 6. The Morgan fingerprint density at radius 1 is 0.644 bits per heavy atom. The summed E-state index contributed by atoms with van der Waals surface area (Å²) in [4.78, 5) is 71.1. The van der Waals surface area contributed by atoms with Crippen LogP contribution in [0.25, 0.3) is 0 Å². The van der Waals surface area contributed by atoms with Crippen LogP contribution in [-0.4, -0.2) is 79.9 Å². The summed E-state index contributed by atoms with van der Waals surface area (Å²) < 4.78 is 6.93. The van der Waals surface area contributed by atoms with Crippen molar-refractivity contribution in [1.82, 2.24) is 20.9 Å². The highest BCUT2D eigenvalue weighted by molar-refractivity contribution is 6.99. The van der Waals surface area contributed by atoms with Crippen LogP contribution < -0.4 is 26.3 Å². The highest BCUT2D eigenvalue weighted by atomic mass is 28.4. The lowest BCUT2D eigenvalue weighted by molar-refractivity contribution is -0.143. The van der Waals surface area contributed by atoms with Gasteiger partial charge >= 0.3 is 0 Å². The van der Waals surface area contributed by atoms with Gasteiger partial charge in [-0.25, -0.2) is 0 Å². The van der Waals surface area contributed by atoms with E-state index in [2.05, 4.69) is 61.0 Å². The third kappa shape index (κ3) is 10.8. The Balaban J connectivity index is 1.12. The summed E-state index contributed by atoms with van der Waals surface area (Å²) >= 11 is 0. The average molecular weight is 815 g/mol. The van der Waals surface area contributed by atoms with E-state index < -0.39 is 50.2 Å². The Hall–Kier alpha value is -5.39. The molecule has 4 amide bonds. The van der Waals surface area contributed by atoms with Crippen LogP contribution in [0.2, 0.25) is 5.04 Å². The van der Waals surface area contributed by atoms with Crippen LogP contribution in [0.15, 0.2) is 121 Å². The van der Waals surface area contributed by atoms with Crippen LogP contribution in [0.5, 0.6) is 0 Å². The van der Waals surface area contributed by atoms with Gasteiger partial charge in [-0.1, -0.05) is 149 Å². The summed E-state index contributed by atoms with van der Waals surface area (Å²) in [6.07, 6.45) is 3.36. The summed E-state index contributed by atoms with van der Waals surface area (Å²) in [6, 6.07) is 35.9. The minimum absolute atomic E-state index is 0.0693. The second-order valence-corrected chi connectivity index (χ2v) is 21.1. The minimum Gasteiger partial charge on any atom is -0.407 e. The number of nitrogens with zero attached hydrogens (tertiary/aromatic N) is 1. The third-order valence-corrected chi connectivity index (χ3v) is 16.6. The van der Waals surface area contributed by atoms with Crippen LogP contribution in [0.4, 0.5) is 0 Å². The van der Waals surface area contributed by atoms with Gasteiger partial charge in [0.05, 0.1) is 0 Å². The van der Waals surface area contributed by atoms with Crippen molar-refractivity contribution in [3.05, 3.63) is 132 Å². The SMILES string of the molecule is CC(C)(C)[Si](OCCC(=O)CCCC[C@@H]1NC(=O)[C@H]2CCCN2C(=O)[C@H](Cc2ccccc2)NC(=O)[C@H](Cc2ccccc2)NC1=O)(c1ccccc1)c1ccccc1. The van der Waals surface area contributed by atoms with Crippen molar-refractivity contribution in [2.45, 2.75) is 108 Å². The fraction of sp³-hybridized carbons (Fsp3) is 0.396. The molecule has 0 bridgehead atoms. The first-order valence-corrected chi connectivity index (χ1v) is 22.9. The second kappa shape index (κ2) is 20.0. The number of benzene rings is 4. The van der Waals surface area contributed by atoms with Crippen molar-refractivity contribution in [2.24, 2.45) is 0 Å². The lowest BCUT2D eigenvalue weighted by atomic mass is 10.00. The molecule has 3 N–H and O–H groups in total. The fourth-order valence-corrected chi connectivity index (χ4v) is 13.1. The molecule has 6 rings (SSSR count). The van der Waals surface area contributed by atoms with Crippen LogP contribution >= 0.6 is 0 Å². The highest BCUT2D eigenvalue weighted by Gasteiger charge is 2.50. The van der Waals surface area contributed by atoms with E-state index in [0.717, 1.165) is 21.5 Å². The zero-order chi connectivity index (χ0) is 41.8. The number of unbranched alkanes of at least 4 members (excludes halogenated alkanes) is 1. The van der Waals surface area contributed by atoms with Gasteiger partial charge in [-0.3, -0.25) is 24.0 Å². The molecule has 10 nitrogen and oxygen atoms in total. The Bertz CT molecular complexity index is 1990. The van der Waals surface area contributed by atoms with E-state index >= 15 is 0 Å². The molecule has 0 aromatic heterocycles. The summed E-state index contributed by atoms with van der Waals surface area (Å²) in [5.74, 6) is -1.59. The zero-order valence-electron chi connectivity index (χ0n) is 34.5. The van der Waals surface area contributed by atoms with Gasteiger partial charge in [-0.2, -0.15) is 0 Å². The summed E-state index contributed by atoms with van der Waals surface area (Å²) in [5.41, 5.74) is 1.70. The number of Topliss-reactive ketones (excluding diaryl/α,β-unsaturated/α-hetero) is 1. The Kier molecular flexibility index (Phi) is 14.7. The number of carbonyl (C=O) groups excluding carboxylic acids is 5. The molecule has 4 atom stereocenters. The number of amides is 4. The summed E-state index contributed by atoms with van der Waals surface area (Å²) in [6.45, 7) is 7.30. The van der Waals surface area contributed by atoms with Crippen molar-refractivity contribution in [2.75, 3.05) is 13.2 Å². The third-order valence-electron chi connectivity index (χ3n) is 11.6. The van der Waals surface area contributed by atoms with Crippen LogP contribution in [0.1, 0.15) is 76.8 Å². The molecule has 0 unspecified atom stereocenters. The van der Waals surface area contributed by atoms with Crippen molar-refractivity contribution < 1.29 is 28.4 Å². The molecule has 4 aromatic rings. The molecule has 0 spiro atoms. The quantitative estimate of drug-likeness (QED) is 0.114.